The number of hydrogen-bond donors (Lipinski definition) is 2. The van der Waals surface area contributed by atoms with Gasteiger partial charge in [-0.25, -0.2) is 8.42 Å². The lowest BCUT2D eigenvalue weighted by Crippen LogP contribution is -2.21. The van der Waals surface area contributed by atoms with Gasteiger partial charge in [-0.15, -0.1) is 11.6 Å². The van der Waals surface area contributed by atoms with Gasteiger partial charge in [0.15, 0.2) is 9.84 Å². The molecule has 1 atom stereocenters. The Morgan fingerprint density at radius 1 is 1.40 bits per heavy atom. The molecule has 1 rings (SSSR count). The van der Waals surface area contributed by atoms with Crippen LogP contribution in [-0.2, 0) is 16.0 Å². The van der Waals surface area contributed by atoms with Gasteiger partial charge in [0.05, 0.1) is 22.4 Å². The third-order valence-corrected chi connectivity index (χ3v) is 3.92. The highest BCUT2D eigenvalue weighted by Gasteiger charge is 2.36. The number of alkyl halides is 4. The summed E-state index contributed by atoms with van der Waals surface area (Å²) < 4.78 is 61.3. The van der Waals surface area contributed by atoms with E-state index >= 15 is 0 Å². The molecule has 4 nitrogen and oxygen atoms in total. The summed E-state index contributed by atoms with van der Waals surface area (Å²) in [6.45, 7) is -0.0426. The van der Waals surface area contributed by atoms with E-state index in [9.17, 15) is 26.7 Å². The van der Waals surface area contributed by atoms with E-state index in [4.69, 9.17) is 11.6 Å². The Morgan fingerprint density at radius 2 is 2.00 bits per heavy atom. The van der Waals surface area contributed by atoms with Crippen LogP contribution in [0.3, 0.4) is 0 Å². The molecule has 0 bridgehead atoms. The molecule has 0 saturated carbocycles. The lowest BCUT2D eigenvalue weighted by Gasteiger charge is -2.15. The van der Waals surface area contributed by atoms with Crippen molar-refractivity contribution in [3.05, 3.63) is 23.8 Å². The monoisotopic (exact) mass is 331 g/mol. The van der Waals surface area contributed by atoms with Crippen LogP contribution < -0.4 is 5.32 Å². The van der Waals surface area contributed by atoms with Gasteiger partial charge in [-0.1, -0.05) is 0 Å². The molecule has 9 heteroatoms. The first-order valence-corrected chi connectivity index (χ1v) is 7.87. The summed E-state index contributed by atoms with van der Waals surface area (Å²) in [6.07, 6.45) is -5.00. The molecule has 1 aromatic rings. The van der Waals surface area contributed by atoms with Crippen LogP contribution in [0.5, 0.6) is 0 Å². The van der Waals surface area contributed by atoms with E-state index in [1.54, 1.807) is 0 Å². The minimum atomic E-state index is -4.79. The van der Waals surface area contributed by atoms with Crippen LogP contribution in [0.25, 0.3) is 0 Å². The molecule has 1 aromatic carbocycles. The van der Waals surface area contributed by atoms with Crippen molar-refractivity contribution in [1.29, 1.82) is 0 Å². The summed E-state index contributed by atoms with van der Waals surface area (Å²) in [5, 5.41) is 11.8. The second-order valence-electron chi connectivity index (χ2n) is 4.17. The number of aliphatic hydroxyl groups is 1. The van der Waals surface area contributed by atoms with Crippen molar-refractivity contribution in [1.82, 2.24) is 0 Å². The van der Waals surface area contributed by atoms with Gasteiger partial charge >= 0.3 is 6.18 Å². The largest absolute Gasteiger partial charge is 0.417 e. The predicted octanol–water partition coefficient (Wildman–Crippen LogP) is 2.12. The van der Waals surface area contributed by atoms with Crippen molar-refractivity contribution in [2.24, 2.45) is 0 Å². The first kappa shape index (κ1) is 17.1. The van der Waals surface area contributed by atoms with Crippen LogP contribution >= 0.6 is 11.6 Å². The number of nitrogens with one attached hydrogen (secondary N) is 1. The number of aliphatic hydroxyl groups excluding tert-OH is 1. The Labute approximate surface area is 119 Å². The molecular formula is C11H13ClF3NO3S. The number of sulfone groups is 1. The van der Waals surface area contributed by atoms with Gasteiger partial charge in [-0.2, -0.15) is 13.2 Å². The molecule has 2 N–H and O–H groups in total. The summed E-state index contributed by atoms with van der Waals surface area (Å²) in [4.78, 5) is -0.784. The van der Waals surface area contributed by atoms with Gasteiger partial charge in [0.2, 0.25) is 0 Å². The third-order valence-electron chi connectivity index (χ3n) is 2.40. The lowest BCUT2D eigenvalue weighted by molar-refractivity contribution is -0.139. The van der Waals surface area contributed by atoms with Crippen molar-refractivity contribution < 1.29 is 26.7 Å². The van der Waals surface area contributed by atoms with Gasteiger partial charge in [0.1, 0.15) is 0 Å². The predicted molar refractivity (Wildman–Crippen MR) is 69.8 cm³/mol. The fraction of sp³-hybridized carbons (Fsp3) is 0.455. The maximum absolute atomic E-state index is 12.9. The van der Waals surface area contributed by atoms with E-state index in [1.807, 2.05) is 0 Å². The van der Waals surface area contributed by atoms with Gasteiger partial charge in [0.25, 0.3) is 0 Å². The van der Waals surface area contributed by atoms with Crippen LogP contribution in [0.4, 0.5) is 18.9 Å². The third kappa shape index (κ3) is 4.53. The quantitative estimate of drug-likeness (QED) is 0.811. The zero-order valence-electron chi connectivity index (χ0n) is 10.4. The topological polar surface area (TPSA) is 66.4 Å². The number of halogens is 4. The maximum atomic E-state index is 12.9. The van der Waals surface area contributed by atoms with Gasteiger partial charge < -0.3 is 10.4 Å². The molecule has 0 saturated heterocycles. The maximum Gasteiger partial charge on any atom is 0.417 e. The van der Waals surface area contributed by atoms with Crippen molar-refractivity contribution in [2.45, 2.75) is 17.2 Å². The standard InChI is InChI=1S/C11H13ClF3NO3S/c1-20(18,19)10-3-2-7(16-6-8(17)5-12)4-9(10)11(13,14)15/h2-4,8,16-17H,5-6H2,1H3. The first-order valence-electron chi connectivity index (χ1n) is 5.45. The number of rotatable bonds is 5. The van der Waals surface area contributed by atoms with Crippen molar-refractivity contribution in [3.63, 3.8) is 0 Å². The molecule has 0 radical (unpaired) electrons. The molecule has 20 heavy (non-hydrogen) atoms. The summed E-state index contributed by atoms with van der Waals surface area (Å²) in [7, 11) is -3.99. The van der Waals surface area contributed by atoms with E-state index in [2.05, 4.69) is 5.32 Å². The fourth-order valence-corrected chi connectivity index (χ4v) is 2.47. The molecule has 0 aliphatic heterocycles. The number of benzene rings is 1. The molecule has 114 valence electrons. The highest BCUT2D eigenvalue weighted by Crippen LogP contribution is 2.35. The Hall–Kier alpha value is -0.990. The second-order valence-corrected chi connectivity index (χ2v) is 6.46. The van der Waals surface area contributed by atoms with E-state index in [0.717, 1.165) is 6.07 Å². The molecule has 0 aromatic heterocycles. The average molecular weight is 332 g/mol. The normalized spacial score (nSPS) is 14.1. The van der Waals surface area contributed by atoms with Crippen molar-refractivity contribution >= 4 is 27.1 Å². The van der Waals surface area contributed by atoms with Gasteiger partial charge in [-0.3, -0.25) is 0 Å². The molecule has 1 unspecified atom stereocenters. The zero-order chi connectivity index (χ0) is 15.6. The van der Waals surface area contributed by atoms with Crippen LogP contribution in [-0.4, -0.2) is 38.3 Å². The average Bonchev–Trinajstić information content (AvgIpc) is 2.33. The Kier molecular flexibility index (Phi) is 5.28. The zero-order valence-corrected chi connectivity index (χ0v) is 12.0. The minimum Gasteiger partial charge on any atom is -0.390 e. The highest BCUT2D eigenvalue weighted by atomic mass is 35.5. The van der Waals surface area contributed by atoms with Crippen molar-refractivity contribution in [3.8, 4) is 0 Å². The van der Waals surface area contributed by atoms with Gasteiger partial charge in [0, 0.05) is 18.5 Å². The molecule has 0 spiro atoms. The molecular weight excluding hydrogens is 319 g/mol. The minimum absolute atomic E-state index is 0.0426. The number of hydrogen-bond acceptors (Lipinski definition) is 4. The molecule has 0 fully saturated rings. The Bertz CT molecular complexity index is 575. The Balaban J connectivity index is 3.16. The van der Waals surface area contributed by atoms with Crippen LogP contribution in [0.2, 0.25) is 0 Å². The highest BCUT2D eigenvalue weighted by molar-refractivity contribution is 7.90. The first-order chi connectivity index (χ1) is 9.05. The van der Waals surface area contributed by atoms with Crippen LogP contribution in [0.15, 0.2) is 23.1 Å². The SMILES string of the molecule is CS(=O)(=O)c1ccc(NCC(O)CCl)cc1C(F)(F)F. The summed E-state index contributed by atoms with van der Waals surface area (Å²) in [5.74, 6) is -0.0689. The van der Waals surface area contributed by atoms with Crippen LogP contribution in [0.1, 0.15) is 5.56 Å². The lowest BCUT2D eigenvalue weighted by atomic mass is 10.2. The number of anilines is 1. The Morgan fingerprint density at radius 3 is 2.45 bits per heavy atom. The van der Waals surface area contributed by atoms with Gasteiger partial charge in [-0.05, 0) is 18.2 Å². The van der Waals surface area contributed by atoms with Crippen molar-refractivity contribution in [2.75, 3.05) is 24.0 Å². The van der Waals surface area contributed by atoms with E-state index in [1.165, 1.54) is 6.07 Å². The summed E-state index contributed by atoms with van der Waals surface area (Å²) in [6, 6.07) is 2.78. The molecule has 0 amide bonds. The second kappa shape index (κ2) is 6.19. The van der Waals surface area contributed by atoms with E-state index in [-0.39, 0.29) is 18.1 Å². The summed E-state index contributed by atoms with van der Waals surface area (Å²) in [5.41, 5.74) is -1.20. The fourth-order valence-electron chi connectivity index (χ4n) is 1.48. The van der Waals surface area contributed by atoms with E-state index < -0.39 is 32.6 Å². The molecule has 0 heterocycles. The molecule has 0 aliphatic carbocycles. The molecule has 0 aliphatic rings. The van der Waals surface area contributed by atoms with Crippen LogP contribution in [0, 0.1) is 0 Å². The van der Waals surface area contributed by atoms with E-state index in [0.29, 0.717) is 12.3 Å². The smallest absolute Gasteiger partial charge is 0.390 e. The summed E-state index contributed by atoms with van der Waals surface area (Å²) >= 11 is 5.36.